The van der Waals surface area contributed by atoms with Crippen molar-refractivity contribution in [1.29, 1.82) is 0 Å². The van der Waals surface area contributed by atoms with E-state index in [4.69, 9.17) is 5.11 Å². The number of anilines is 1. The van der Waals surface area contributed by atoms with Crippen molar-refractivity contribution in [2.75, 3.05) is 25.5 Å². The van der Waals surface area contributed by atoms with E-state index >= 15 is 0 Å². The molecule has 4 nitrogen and oxygen atoms in total. The number of nitrogens with zero attached hydrogens (tertiary/aromatic N) is 2. The Balaban J connectivity index is 3.04. The van der Waals surface area contributed by atoms with E-state index in [1.807, 2.05) is 45.3 Å². The van der Waals surface area contributed by atoms with Crippen molar-refractivity contribution in [2.24, 2.45) is 0 Å². The van der Waals surface area contributed by atoms with Crippen molar-refractivity contribution >= 4 is 11.8 Å². The molecular weight excluding hydrogens is 216 g/mol. The van der Waals surface area contributed by atoms with Gasteiger partial charge in [0.1, 0.15) is 0 Å². The lowest BCUT2D eigenvalue weighted by Crippen LogP contribution is -2.29. The van der Waals surface area contributed by atoms with E-state index in [1.165, 1.54) is 4.90 Å². The number of amides is 1. The quantitative estimate of drug-likeness (QED) is 0.874. The van der Waals surface area contributed by atoms with E-state index in [1.54, 1.807) is 0 Å². The Morgan fingerprint density at radius 2 is 2.06 bits per heavy atom. The highest BCUT2D eigenvalue weighted by molar-refractivity contribution is 5.85. The molecule has 0 saturated heterocycles. The van der Waals surface area contributed by atoms with Crippen molar-refractivity contribution < 1.29 is 9.90 Å². The average Bonchev–Trinajstić information content (AvgIpc) is 2.28. The van der Waals surface area contributed by atoms with Crippen LogP contribution < -0.4 is 4.90 Å². The monoisotopic (exact) mass is 236 g/mol. The van der Waals surface area contributed by atoms with Crippen LogP contribution in [0.1, 0.15) is 25.5 Å². The Bertz CT molecular complexity index is 391. The van der Waals surface area contributed by atoms with Gasteiger partial charge in [-0.15, -0.1) is 0 Å². The largest absolute Gasteiger partial charge is 0.465 e. The maximum Gasteiger partial charge on any atom is 0.411 e. The van der Waals surface area contributed by atoms with Crippen LogP contribution in [-0.4, -0.2) is 36.7 Å². The van der Waals surface area contributed by atoms with Crippen molar-refractivity contribution in [1.82, 2.24) is 4.90 Å². The van der Waals surface area contributed by atoms with E-state index in [0.717, 1.165) is 11.3 Å². The number of carbonyl (C=O) groups is 1. The number of carboxylic acid groups (broad SMARTS) is 1. The van der Waals surface area contributed by atoms with Crippen LogP contribution in [0, 0.1) is 0 Å². The molecule has 4 heteroatoms. The second-order valence-corrected chi connectivity index (χ2v) is 4.26. The van der Waals surface area contributed by atoms with Crippen LogP contribution in [0.3, 0.4) is 0 Å². The normalized spacial score (nSPS) is 12.5. The van der Waals surface area contributed by atoms with Crippen LogP contribution in [0.25, 0.3) is 0 Å². The highest BCUT2D eigenvalue weighted by atomic mass is 16.4. The van der Waals surface area contributed by atoms with Gasteiger partial charge in [0, 0.05) is 18.3 Å². The van der Waals surface area contributed by atoms with Crippen LogP contribution in [0.15, 0.2) is 24.3 Å². The van der Waals surface area contributed by atoms with Gasteiger partial charge in [-0.25, -0.2) is 4.79 Å². The number of hydrogen-bond acceptors (Lipinski definition) is 2. The van der Waals surface area contributed by atoms with E-state index in [2.05, 4.69) is 11.8 Å². The van der Waals surface area contributed by atoms with Crippen LogP contribution >= 0.6 is 0 Å². The molecule has 0 saturated carbocycles. The SMILES string of the molecule is CCN(C(=O)O)c1cccc([C@H](C)N(C)C)c1. The Kier molecular flexibility index (Phi) is 4.52. The Morgan fingerprint density at radius 3 is 2.53 bits per heavy atom. The van der Waals surface area contributed by atoms with Gasteiger partial charge < -0.3 is 10.0 Å². The zero-order chi connectivity index (χ0) is 13.0. The van der Waals surface area contributed by atoms with Gasteiger partial charge in [-0.05, 0) is 45.6 Å². The number of benzene rings is 1. The maximum atomic E-state index is 11.1. The zero-order valence-corrected chi connectivity index (χ0v) is 10.8. The first-order valence-corrected chi connectivity index (χ1v) is 5.74. The van der Waals surface area contributed by atoms with Gasteiger partial charge in [-0.1, -0.05) is 12.1 Å². The molecule has 1 N–H and O–H groups in total. The summed E-state index contributed by atoms with van der Waals surface area (Å²) in [4.78, 5) is 14.5. The summed E-state index contributed by atoms with van der Waals surface area (Å²) < 4.78 is 0. The third-order valence-corrected chi connectivity index (χ3v) is 2.99. The third-order valence-electron chi connectivity index (χ3n) is 2.99. The Morgan fingerprint density at radius 1 is 1.41 bits per heavy atom. The number of hydrogen-bond donors (Lipinski definition) is 1. The highest BCUT2D eigenvalue weighted by Crippen LogP contribution is 2.23. The van der Waals surface area contributed by atoms with Crippen molar-refractivity contribution in [3.63, 3.8) is 0 Å². The molecular formula is C13H20N2O2. The molecule has 0 heterocycles. The van der Waals surface area contributed by atoms with Crippen molar-refractivity contribution in [3.8, 4) is 0 Å². The molecule has 0 bridgehead atoms. The Labute approximate surface area is 102 Å². The molecule has 0 fully saturated rings. The second-order valence-electron chi connectivity index (χ2n) is 4.26. The topological polar surface area (TPSA) is 43.8 Å². The van der Waals surface area contributed by atoms with Gasteiger partial charge in [0.2, 0.25) is 0 Å². The van der Waals surface area contributed by atoms with Crippen LogP contribution in [0.4, 0.5) is 10.5 Å². The molecule has 1 rings (SSSR count). The van der Waals surface area contributed by atoms with E-state index in [-0.39, 0.29) is 6.04 Å². The summed E-state index contributed by atoms with van der Waals surface area (Å²) in [5.41, 5.74) is 1.85. The molecule has 0 aliphatic rings. The van der Waals surface area contributed by atoms with Gasteiger partial charge in [0.25, 0.3) is 0 Å². The molecule has 0 aromatic heterocycles. The summed E-state index contributed by atoms with van der Waals surface area (Å²) in [6, 6.07) is 7.94. The summed E-state index contributed by atoms with van der Waals surface area (Å²) >= 11 is 0. The molecule has 1 atom stereocenters. The zero-order valence-electron chi connectivity index (χ0n) is 10.8. The first kappa shape index (κ1) is 13.5. The summed E-state index contributed by atoms with van der Waals surface area (Å²) in [5.74, 6) is 0. The van der Waals surface area contributed by atoms with E-state index < -0.39 is 6.09 Å². The first-order chi connectivity index (χ1) is 7.97. The summed E-state index contributed by atoms with van der Waals surface area (Å²) in [6.45, 7) is 4.38. The molecule has 1 amide bonds. The molecule has 17 heavy (non-hydrogen) atoms. The lowest BCUT2D eigenvalue weighted by molar-refractivity contribution is 0.202. The fourth-order valence-corrected chi connectivity index (χ4v) is 1.68. The van der Waals surface area contributed by atoms with Gasteiger partial charge in [0.15, 0.2) is 0 Å². The minimum atomic E-state index is -0.915. The van der Waals surface area contributed by atoms with Crippen LogP contribution in [0.5, 0.6) is 0 Å². The van der Waals surface area contributed by atoms with Crippen molar-refractivity contribution in [3.05, 3.63) is 29.8 Å². The third kappa shape index (κ3) is 3.20. The lowest BCUT2D eigenvalue weighted by atomic mass is 10.1. The fraction of sp³-hybridized carbons (Fsp3) is 0.462. The lowest BCUT2D eigenvalue weighted by Gasteiger charge is -2.23. The molecule has 1 aromatic carbocycles. The standard InChI is InChI=1S/C13H20N2O2/c1-5-15(13(16)17)12-8-6-7-11(9-12)10(2)14(3)4/h6-10H,5H2,1-4H3,(H,16,17)/t10-/m0/s1. The van der Waals surface area contributed by atoms with E-state index in [9.17, 15) is 4.79 Å². The summed E-state index contributed by atoms with van der Waals surface area (Å²) in [7, 11) is 4.01. The minimum absolute atomic E-state index is 0.266. The van der Waals surface area contributed by atoms with E-state index in [0.29, 0.717) is 6.54 Å². The molecule has 94 valence electrons. The highest BCUT2D eigenvalue weighted by Gasteiger charge is 2.14. The Hall–Kier alpha value is -1.55. The predicted octanol–water partition coefficient (Wildman–Crippen LogP) is 2.81. The van der Waals surface area contributed by atoms with Crippen LogP contribution in [0.2, 0.25) is 0 Å². The van der Waals surface area contributed by atoms with Gasteiger partial charge >= 0.3 is 6.09 Å². The van der Waals surface area contributed by atoms with Gasteiger partial charge in [-0.2, -0.15) is 0 Å². The average molecular weight is 236 g/mol. The molecule has 1 aromatic rings. The molecule has 0 unspecified atom stereocenters. The minimum Gasteiger partial charge on any atom is -0.465 e. The first-order valence-electron chi connectivity index (χ1n) is 5.74. The van der Waals surface area contributed by atoms with Crippen molar-refractivity contribution in [2.45, 2.75) is 19.9 Å². The van der Waals surface area contributed by atoms with Crippen LogP contribution in [-0.2, 0) is 0 Å². The fourth-order valence-electron chi connectivity index (χ4n) is 1.68. The molecule has 0 aliphatic heterocycles. The van der Waals surface area contributed by atoms with Gasteiger partial charge in [0.05, 0.1) is 0 Å². The summed E-state index contributed by atoms with van der Waals surface area (Å²) in [6.07, 6.45) is -0.915. The predicted molar refractivity (Wildman–Crippen MR) is 69.6 cm³/mol. The smallest absolute Gasteiger partial charge is 0.411 e. The number of rotatable bonds is 4. The molecule has 0 radical (unpaired) electrons. The maximum absolute atomic E-state index is 11.1. The second kappa shape index (κ2) is 5.68. The van der Waals surface area contributed by atoms with Gasteiger partial charge in [-0.3, -0.25) is 4.90 Å². The molecule has 0 aliphatic carbocycles. The summed E-state index contributed by atoms with van der Waals surface area (Å²) in [5, 5.41) is 9.08. The molecule has 0 spiro atoms.